The third-order valence-corrected chi connectivity index (χ3v) is 6.30. The van der Waals surface area contributed by atoms with Gasteiger partial charge in [0.25, 0.3) is 5.91 Å². The topological polar surface area (TPSA) is 133 Å². The van der Waals surface area contributed by atoms with Crippen LogP contribution in [-0.4, -0.2) is 98.6 Å². The molecule has 2 aliphatic rings. The van der Waals surface area contributed by atoms with Crippen LogP contribution in [0.5, 0.6) is 0 Å². The third-order valence-electron chi connectivity index (χ3n) is 6.30. The summed E-state index contributed by atoms with van der Waals surface area (Å²) in [6.45, 7) is -2.22. The molecule has 1 aromatic carbocycles. The summed E-state index contributed by atoms with van der Waals surface area (Å²) in [6.07, 6.45) is -5.20. The molecule has 0 aliphatic carbocycles. The summed E-state index contributed by atoms with van der Waals surface area (Å²) in [7, 11) is 0. The van der Waals surface area contributed by atoms with Gasteiger partial charge in [-0.3, -0.25) is 19.5 Å². The van der Waals surface area contributed by atoms with E-state index >= 15 is 8.78 Å². The predicted molar refractivity (Wildman–Crippen MR) is 135 cm³/mol. The van der Waals surface area contributed by atoms with Crippen LogP contribution in [0.4, 0.5) is 42.9 Å². The van der Waals surface area contributed by atoms with Crippen LogP contribution in [0, 0.1) is 11.6 Å². The van der Waals surface area contributed by atoms with Crippen molar-refractivity contribution >= 4 is 35.4 Å². The highest BCUT2D eigenvalue weighted by molar-refractivity contribution is 5.96. The molecule has 2 fully saturated rings. The Morgan fingerprint density at radius 2 is 1.76 bits per heavy atom. The summed E-state index contributed by atoms with van der Waals surface area (Å²) in [6, 6.07) is 4.99. The first-order valence-corrected chi connectivity index (χ1v) is 12.6. The molecule has 12 nitrogen and oxygen atoms in total. The molecular weight excluding hydrogens is 575 g/mol. The van der Waals surface area contributed by atoms with E-state index in [9.17, 15) is 32.3 Å². The van der Waals surface area contributed by atoms with Crippen LogP contribution >= 0.6 is 0 Å². The van der Waals surface area contributed by atoms with Gasteiger partial charge in [-0.25, -0.2) is 18.4 Å². The van der Waals surface area contributed by atoms with E-state index in [1.807, 2.05) is 5.32 Å². The molecule has 2 N–H and O–H groups in total. The zero-order valence-corrected chi connectivity index (χ0v) is 21.8. The average molecular weight is 601 g/mol. The molecule has 226 valence electrons. The lowest BCUT2D eigenvalue weighted by Gasteiger charge is -2.36. The lowest BCUT2D eigenvalue weighted by atomic mass is 10.2. The minimum absolute atomic E-state index is 0.0966. The number of anilines is 2. The number of carbonyl (C=O) groups is 4. The summed E-state index contributed by atoms with van der Waals surface area (Å²) < 4.78 is 75.6. The summed E-state index contributed by atoms with van der Waals surface area (Å²) >= 11 is 0. The van der Waals surface area contributed by atoms with Crippen molar-refractivity contribution in [3.05, 3.63) is 53.9 Å². The molecule has 4 rings (SSSR count). The molecule has 2 aromatic rings. The zero-order valence-electron chi connectivity index (χ0n) is 21.8. The molecule has 3 heterocycles. The van der Waals surface area contributed by atoms with Crippen LogP contribution < -0.4 is 20.4 Å². The number of nitrogens with one attached hydrogen (secondary N) is 2. The fourth-order valence-corrected chi connectivity index (χ4v) is 4.29. The van der Waals surface area contributed by atoms with Crippen molar-refractivity contribution in [2.45, 2.75) is 12.3 Å². The van der Waals surface area contributed by atoms with Crippen LogP contribution in [0.3, 0.4) is 0 Å². The second-order valence-electron chi connectivity index (χ2n) is 9.24. The van der Waals surface area contributed by atoms with E-state index in [-0.39, 0.29) is 56.6 Å². The first kappa shape index (κ1) is 30.3. The Morgan fingerprint density at radius 3 is 2.38 bits per heavy atom. The summed E-state index contributed by atoms with van der Waals surface area (Å²) in [5.41, 5.74) is -0.226. The van der Waals surface area contributed by atoms with Gasteiger partial charge in [0, 0.05) is 50.7 Å². The number of alkyl halides is 3. The third kappa shape index (κ3) is 7.73. The average Bonchev–Trinajstić information content (AvgIpc) is 3.33. The number of hydrogen-bond acceptors (Lipinski definition) is 8. The molecule has 2 saturated heterocycles. The molecule has 1 unspecified atom stereocenters. The highest BCUT2D eigenvalue weighted by atomic mass is 19.4. The smallest absolute Gasteiger partial charge is 0.422 e. The van der Waals surface area contributed by atoms with Crippen molar-refractivity contribution in [2.75, 3.05) is 62.2 Å². The fourth-order valence-electron chi connectivity index (χ4n) is 4.29. The minimum atomic E-state index is -4.71. The van der Waals surface area contributed by atoms with Crippen molar-refractivity contribution in [1.29, 1.82) is 0 Å². The monoisotopic (exact) mass is 600 g/mol. The van der Waals surface area contributed by atoms with Crippen molar-refractivity contribution in [3.63, 3.8) is 0 Å². The Balaban J connectivity index is 1.28. The molecule has 1 aromatic heterocycles. The van der Waals surface area contributed by atoms with E-state index in [0.29, 0.717) is 5.56 Å². The number of aromatic nitrogens is 1. The van der Waals surface area contributed by atoms with E-state index in [2.05, 4.69) is 15.0 Å². The second kappa shape index (κ2) is 12.9. The van der Waals surface area contributed by atoms with Gasteiger partial charge in [-0.15, -0.1) is 0 Å². The van der Waals surface area contributed by atoms with Gasteiger partial charge in [0.15, 0.2) is 18.2 Å². The number of alkyl carbamates (subject to hydrolysis) is 1. The maximum atomic E-state index is 15.1. The molecule has 0 bridgehead atoms. The Bertz CT molecular complexity index is 1300. The molecule has 1 atom stereocenters. The summed E-state index contributed by atoms with van der Waals surface area (Å²) in [5, 5.41) is 4.53. The number of carbonyl (C=O) groups excluding carboxylic acids is 4. The van der Waals surface area contributed by atoms with Crippen molar-refractivity contribution in [3.8, 4) is 0 Å². The number of halogens is 5. The highest BCUT2D eigenvalue weighted by Gasteiger charge is 2.35. The number of cyclic esters (lactones) is 1. The molecule has 17 heteroatoms. The van der Waals surface area contributed by atoms with Crippen LogP contribution in [0.1, 0.15) is 10.4 Å². The summed E-state index contributed by atoms with van der Waals surface area (Å²) in [5.74, 6) is -2.78. The van der Waals surface area contributed by atoms with E-state index in [0.717, 1.165) is 17.0 Å². The predicted octanol–water partition coefficient (Wildman–Crippen LogP) is 2.05. The van der Waals surface area contributed by atoms with Gasteiger partial charge >= 0.3 is 18.4 Å². The van der Waals surface area contributed by atoms with Crippen LogP contribution in [0.2, 0.25) is 0 Å². The van der Waals surface area contributed by atoms with Crippen molar-refractivity contribution in [2.24, 2.45) is 0 Å². The van der Waals surface area contributed by atoms with E-state index in [1.54, 1.807) is 12.1 Å². The number of nitrogens with zero attached hydrogens (tertiary/aromatic N) is 4. The van der Waals surface area contributed by atoms with Crippen molar-refractivity contribution in [1.82, 2.24) is 20.5 Å². The van der Waals surface area contributed by atoms with Crippen LogP contribution in [0.15, 0.2) is 36.7 Å². The van der Waals surface area contributed by atoms with E-state index < -0.39 is 55.2 Å². The standard InChI is InChI=1S/C25H25F5N6O6/c26-18-8-16(36-13-17(42-24(36)40)11-33-23(39)41-14-25(28,29)30)9-19(27)21(18)35-6-4-34(5-7-35)20(37)12-32-22(38)15-2-1-3-31-10-15/h1-3,8-10,17H,4-7,11-14H2,(H,32,38)(H,33,39). The second-order valence-corrected chi connectivity index (χ2v) is 9.24. The largest absolute Gasteiger partial charge is 0.442 e. The van der Waals surface area contributed by atoms with Gasteiger partial charge in [-0.05, 0) is 12.1 Å². The van der Waals surface area contributed by atoms with Gasteiger partial charge < -0.3 is 29.9 Å². The normalized spacial score (nSPS) is 17.1. The molecule has 0 radical (unpaired) electrons. The van der Waals surface area contributed by atoms with Gasteiger partial charge in [0.2, 0.25) is 5.91 Å². The number of hydrogen-bond donors (Lipinski definition) is 2. The fraction of sp³-hybridized carbons (Fsp3) is 0.400. The molecule has 2 aliphatic heterocycles. The molecule has 0 saturated carbocycles. The van der Waals surface area contributed by atoms with E-state index in [1.165, 1.54) is 22.2 Å². The number of benzene rings is 1. The van der Waals surface area contributed by atoms with Crippen LogP contribution in [-0.2, 0) is 14.3 Å². The number of pyridine rings is 1. The van der Waals surface area contributed by atoms with Gasteiger partial charge in [0.1, 0.15) is 11.8 Å². The molecular formula is C25H25F5N6O6. The van der Waals surface area contributed by atoms with Gasteiger partial charge in [-0.1, -0.05) is 0 Å². The van der Waals surface area contributed by atoms with E-state index in [4.69, 9.17) is 4.74 Å². The number of amides is 4. The SMILES string of the molecule is O=C(NCC1CN(c2cc(F)c(N3CCN(C(=O)CNC(=O)c4cccnc4)CC3)c(F)c2)C(=O)O1)OCC(F)(F)F. The zero-order chi connectivity index (χ0) is 30.4. The number of piperazine rings is 1. The molecule has 42 heavy (non-hydrogen) atoms. The minimum Gasteiger partial charge on any atom is -0.442 e. The summed E-state index contributed by atoms with van der Waals surface area (Å²) in [4.78, 5) is 55.9. The number of ether oxygens (including phenoxy) is 2. The first-order chi connectivity index (χ1) is 19.9. The quantitative estimate of drug-likeness (QED) is 0.440. The van der Waals surface area contributed by atoms with Crippen LogP contribution in [0.25, 0.3) is 0 Å². The van der Waals surface area contributed by atoms with Gasteiger partial charge in [0.05, 0.1) is 30.9 Å². The lowest BCUT2D eigenvalue weighted by Crippen LogP contribution is -2.51. The Hall–Kier alpha value is -4.70. The Morgan fingerprint density at radius 1 is 1.07 bits per heavy atom. The molecule has 4 amide bonds. The lowest BCUT2D eigenvalue weighted by molar-refractivity contribution is -0.160. The highest BCUT2D eigenvalue weighted by Crippen LogP contribution is 2.31. The Kier molecular flexibility index (Phi) is 9.27. The maximum Gasteiger partial charge on any atom is 0.422 e. The van der Waals surface area contributed by atoms with Gasteiger partial charge in [-0.2, -0.15) is 13.2 Å². The number of rotatable bonds is 8. The maximum absolute atomic E-state index is 15.1. The Labute approximate surface area is 235 Å². The first-order valence-electron chi connectivity index (χ1n) is 12.6. The van der Waals surface area contributed by atoms with Crippen molar-refractivity contribution < 1.29 is 50.6 Å². The molecule has 0 spiro atoms.